The van der Waals surface area contributed by atoms with Gasteiger partial charge in [-0.25, -0.2) is 0 Å². The second kappa shape index (κ2) is 23.4. The molecule has 3 heteroatoms. The third kappa shape index (κ3) is 22.4. The lowest BCUT2D eigenvalue weighted by Crippen LogP contribution is -2.07. The van der Waals surface area contributed by atoms with Gasteiger partial charge in [-0.1, -0.05) is 68.4 Å². The van der Waals surface area contributed by atoms with Crippen LogP contribution < -0.4 is 0 Å². The summed E-state index contributed by atoms with van der Waals surface area (Å²) in [6.07, 6.45) is 28.9. The minimum Gasteiger partial charge on any atom is -0.466 e. The number of unbranched alkanes of at least 4 members (excludes halogenated alkanes) is 4. The molecule has 0 aliphatic rings. The van der Waals surface area contributed by atoms with Crippen LogP contribution in [0.1, 0.15) is 84.5 Å². The molecule has 0 amide bonds. The Kier molecular flexibility index (Phi) is 22.1. The third-order valence-corrected chi connectivity index (χ3v) is 4.11. The number of hydrogen-bond acceptors (Lipinski definition) is 3. The van der Waals surface area contributed by atoms with E-state index in [0.717, 1.165) is 38.5 Å². The van der Waals surface area contributed by atoms with Crippen LogP contribution >= 0.6 is 0 Å². The summed E-state index contributed by atoms with van der Waals surface area (Å²) in [5.41, 5.74) is 0. The molecular formula is C25H42O3. The minimum atomic E-state index is -0.104. The molecule has 0 N–H and O–H groups in total. The average molecular weight is 391 g/mol. The lowest BCUT2D eigenvalue weighted by Gasteiger charge is -2.04. The van der Waals surface area contributed by atoms with Crippen LogP contribution in [0.25, 0.3) is 0 Å². The highest BCUT2D eigenvalue weighted by atomic mass is 16.5. The highest BCUT2D eigenvalue weighted by molar-refractivity contribution is 5.69. The van der Waals surface area contributed by atoms with E-state index in [1.165, 1.54) is 25.7 Å². The molecule has 3 nitrogen and oxygen atoms in total. The Morgan fingerprint density at radius 3 is 1.82 bits per heavy atom. The highest BCUT2D eigenvalue weighted by Gasteiger charge is 2.01. The van der Waals surface area contributed by atoms with E-state index in [4.69, 9.17) is 9.47 Å². The van der Waals surface area contributed by atoms with Crippen molar-refractivity contribution in [3.8, 4) is 0 Å². The molecule has 0 aromatic carbocycles. The lowest BCUT2D eigenvalue weighted by atomic mass is 10.2. The topological polar surface area (TPSA) is 35.5 Å². The Labute approximate surface area is 173 Å². The maximum Gasteiger partial charge on any atom is 0.305 e. The zero-order valence-corrected chi connectivity index (χ0v) is 18.2. The van der Waals surface area contributed by atoms with Crippen LogP contribution in [0.3, 0.4) is 0 Å². The van der Waals surface area contributed by atoms with Gasteiger partial charge in [0, 0.05) is 26.1 Å². The summed E-state index contributed by atoms with van der Waals surface area (Å²) in [4.78, 5) is 11.5. The first kappa shape index (κ1) is 26.4. The largest absolute Gasteiger partial charge is 0.466 e. The van der Waals surface area contributed by atoms with E-state index in [-0.39, 0.29) is 5.97 Å². The van der Waals surface area contributed by atoms with E-state index in [1.54, 1.807) is 0 Å². The highest BCUT2D eigenvalue weighted by Crippen LogP contribution is 2.02. The van der Waals surface area contributed by atoms with E-state index in [9.17, 15) is 4.79 Å². The van der Waals surface area contributed by atoms with E-state index >= 15 is 0 Å². The van der Waals surface area contributed by atoms with Crippen molar-refractivity contribution in [1.29, 1.82) is 0 Å². The summed E-state index contributed by atoms with van der Waals surface area (Å²) in [6, 6.07) is 0. The van der Waals surface area contributed by atoms with E-state index in [2.05, 4.69) is 55.5 Å². The van der Waals surface area contributed by atoms with Gasteiger partial charge in [0.1, 0.15) is 0 Å². The fourth-order valence-corrected chi connectivity index (χ4v) is 2.49. The van der Waals surface area contributed by atoms with Gasteiger partial charge in [0.05, 0.1) is 6.61 Å². The first-order chi connectivity index (χ1) is 13.8. The van der Waals surface area contributed by atoms with E-state index in [1.807, 2.05) is 6.92 Å². The van der Waals surface area contributed by atoms with Gasteiger partial charge in [-0.15, -0.1) is 0 Å². The predicted octanol–water partition coefficient (Wildman–Crippen LogP) is 7.10. The molecular weight excluding hydrogens is 348 g/mol. The number of carbonyl (C=O) groups is 1. The molecule has 0 heterocycles. The van der Waals surface area contributed by atoms with Gasteiger partial charge in [0.2, 0.25) is 0 Å². The lowest BCUT2D eigenvalue weighted by molar-refractivity contribution is -0.144. The number of allylic oxidation sites excluding steroid dienone is 8. The molecule has 0 spiro atoms. The van der Waals surface area contributed by atoms with E-state index < -0.39 is 0 Å². The van der Waals surface area contributed by atoms with Crippen LogP contribution in [0.5, 0.6) is 0 Å². The monoisotopic (exact) mass is 390 g/mol. The van der Waals surface area contributed by atoms with Gasteiger partial charge in [-0.05, 0) is 51.9 Å². The first-order valence-electron chi connectivity index (χ1n) is 11.1. The summed E-state index contributed by atoms with van der Waals surface area (Å²) < 4.78 is 10.4. The zero-order chi connectivity index (χ0) is 20.5. The molecule has 0 aromatic heterocycles. The molecule has 0 bridgehead atoms. The Bertz CT molecular complexity index is 447. The van der Waals surface area contributed by atoms with Crippen LogP contribution in [0.2, 0.25) is 0 Å². The molecule has 0 aliphatic heterocycles. The van der Waals surface area contributed by atoms with Crippen molar-refractivity contribution in [2.75, 3.05) is 19.8 Å². The van der Waals surface area contributed by atoms with Gasteiger partial charge in [0.25, 0.3) is 0 Å². The van der Waals surface area contributed by atoms with Crippen molar-refractivity contribution < 1.29 is 14.3 Å². The second-order valence-corrected chi connectivity index (χ2v) is 6.75. The van der Waals surface area contributed by atoms with Crippen molar-refractivity contribution in [3.05, 3.63) is 48.6 Å². The Hall–Kier alpha value is -1.61. The maximum atomic E-state index is 11.5. The standard InChI is InChI=1S/C25H42O3/c1-3-5-6-7-8-9-10-11-12-13-14-15-16-17-18-19-20-22-25(26)28-24-21-23-27-4-2/h8-9,11-12,14-15,17-18H,3-7,10,13,16,19-24H2,1-2H3/b9-8-,12-11-,15-14-,18-17-. The van der Waals surface area contributed by atoms with Crippen molar-refractivity contribution >= 4 is 5.97 Å². The number of ether oxygens (including phenoxy) is 2. The molecule has 0 radical (unpaired) electrons. The summed E-state index contributed by atoms with van der Waals surface area (Å²) in [5.74, 6) is -0.104. The van der Waals surface area contributed by atoms with Crippen LogP contribution in [0.15, 0.2) is 48.6 Å². The molecule has 0 saturated carbocycles. The van der Waals surface area contributed by atoms with Crippen LogP contribution in [0, 0.1) is 0 Å². The van der Waals surface area contributed by atoms with Crippen molar-refractivity contribution in [2.45, 2.75) is 84.5 Å². The molecule has 0 rings (SSSR count). The molecule has 0 aliphatic carbocycles. The number of esters is 1. The maximum absolute atomic E-state index is 11.5. The molecule has 28 heavy (non-hydrogen) atoms. The second-order valence-electron chi connectivity index (χ2n) is 6.75. The normalized spacial score (nSPS) is 12.2. The molecule has 0 fully saturated rings. The Morgan fingerprint density at radius 1 is 0.679 bits per heavy atom. The molecule has 0 atom stereocenters. The van der Waals surface area contributed by atoms with Gasteiger partial charge < -0.3 is 9.47 Å². The smallest absolute Gasteiger partial charge is 0.305 e. The number of carbonyl (C=O) groups excluding carboxylic acids is 1. The summed E-state index contributed by atoms with van der Waals surface area (Å²) >= 11 is 0. The first-order valence-corrected chi connectivity index (χ1v) is 11.1. The summed E-state index contributed by atoms with van der Waals surface area (Å²) in [6.45, 7) is 6.03. The van der Waals surface area contributed by atoms with Crippen molar-refractivity contribution in [2.24, 2.45) is 0 Å². The Morgan fingerprint density at radius 2 is 1.25 bits per heavy atom. The average Bonchev–Trinajstić information content (AvgIpc) is 2.70. The summed E-state index contributed by atoms with van der Waals surface area (Å²) in [7, 11) is 0. The van der Waals surface area contributed by atoms with Crippen LogP contribution in [-0.2, 0) is 14.3 Å². The van der Waals surface area contributed by atoms with Gasteiger partial charge >= 0.3 is 5.97 Å². The molecule has 0 unspecified atom stereocenters. The molecule has 160 valence electrons. The van der Waals surface area contributed by atoms with Crippen molar-refractivity contribution in [3.63, 3.8) is 0 Å². The fraction of sp³-hybridized carbons (Fsp3) is 0.640. The predicted molar refractivity (Wildman–Crippen MR) is 120 cm³/mol. The molecule has 0 saturated heterocycles. The fourth-order valence-electron chi connectivity index (χ4n) is 2.49. The van der Waals surface area contributed by atoms with Gasteiger partial charge in [-0.3, -0.25) is 4.79 Å². The van der Waals surface area contributed by atoms with Crippen LogP contribution in [0.4, 0.5) is 0 Å². The van der Waals surface area contributed by atoms with E-state index in [0.29, 0.717) is 26.2 Å². The van der Waals surface area contributed by atoms with Crippen molar-refractivity contribution in [1.82, 2.24) is 0 Å². The number of rotatable bonds is 19. The quantitative estimate of drug-likeness (QED) is 0.134. The zero-order valence-electron chi connectivity index (χ0n) is 18.2. The third-order valence-electron chi connectivity index (χ3n) is 4.11. The van der Waals surface area contributed by atoms with Crippen LogP contribution in [-0.4, -0.2) is 25.8 Å². The summed E-state index contributed by atoms with van der Waals surface area (Å²) in [5, 5.41) is 0. The minimum absolute atomic E-state index is 0.104. The van der Waals surface area contributed by atoms with Gasteiger partial charge in [0.15, 0.2) is 0 Å². The number of hydrogen-bond donors (Lipinski definition) is 0. The SMILES string of the molecule is CCCCC/C=C\C/C=C\C/C=C\C/C=C\CCCC(=O)OCCCOCC. The Balaban J connectivity index is 3.44. The molecule has 0 aromatic rings. The van der Waals surface area contributed by atoms with Gasteiger partial charge in [-0.2, -0.15) is 0 Å².